The minimum atomic E-state index is -0.219. The van der Waals surface area contributed by atoms with Crippen LogP contribution in [0.5, 0.6) is 0 Å². The zero-order chi connectivity index (χ0) is 14.7. The summed E-state index contributed by atoms with van der Waals surface area (Å²) in [6, 6.07) is 6.65. The van der Waals surface area contributed by atoms with E-state index in [4.69, 9.17) is 11.6 Å². The minimum Gasteiger partial charge on any atom is -0.305 e. The molecule has 0 radical (unpaired) electrons. The van der Waals surface area contributed by atoms with E-state index in [0.29, 0.717) is 11.6 Å². The molecule has 0 spiro atoms. The maximum atomic E-state index is 13.2. The molecule has 1 N–H and O–H groups in total. The molecule has 0 unspecified atom stereocenters. The fourth-order valence-electron chi connectivity index (χ4n) is 2.16. The van der Waals surface area contributed by atoms with Crippen molar-refractivity contribution < 1.29 is 4.39 Å². The van der Waals surface area contributed by atoms with Gasteiger partial charge in [-0.15, -0.1) is 0 Å². The molecule has 1 aromatic carbocycles. The van der Waals surface area contributed by atoms with Crippen LogP contribution in [0.2, 0.25) is 5.02 Å². The van der Waals surface area contributed by atoms with E-state index >= 15 is 0 Å². The number of nitrogens with one attached hydrogen (secondary N) is 1. The first-order valence-electron chi connectivity index (χ1n) is 6.72. The van der Waals surface area contributed by atoms with E-state index in [9.17, 15) is 4.39 Å². The summed E-state index contributed by atoms with van der Waals surface area (Å²) >= 11 is 6.30. The Balaban J connectivity index is 2.07. The molecule has 3 nitrogen and oxygen atoms in total. The molecule has 0 amide bonds. The van der Waals surface area contributed by atoms with E-state index in [-0.39, 0.29) is 11.9 Å². The van der Waals surface area contributed by atoms with Gasteiger partial charge in [-0.2, -0.15) is 5.10 Å². The lowest BCUT2D eigenvalue weighted by atomic mass is 10.1. The summed E-state index contributed by atoms with van der Waals surface area (Å²) in [5, 5.41) is 8.44. The average molecular weight is 296 g/mol. The van der Waals surface area contributed by atoms with Gasteiger partial charge in [0.1, 0.15) is 5.82 Å². The van der Waals surface area contributed by atoms with Crippen LogP contribution in [0.25, 0.3) is 0 Å². The van der Waals surface area contributed by atoms with Crippen LogP contribution in [0.1, 0.15) is 36.8 Å². The Morgan fingerprint density at radius 1 is 1.45 bits per heavy atom. The van der Waals surface area contributed by atoms with Gasteiger partial charge in [-0.25, -0.2) is 4.39 Å². The number of rotatable bonds is 5. The molecule has 0 bridgehead atoms. The summed E-state index contributed by atoms with van der Waals surface area (Å²) in [6.07, 6.45) is 0.812. The van der Waals surface area contributed by atoms with Crippen molar-refractivity contribution in [2.75, 3.05) is 0 Å². The highest BCUT2D eigenvalue weighted by Gasteiger charge is 2.14. The predicted molar refractivity (Wildman–Crippen MR) is 79.3 cm³/mol. The van der Waals surface area contributed by atoms with Crippen molar-refractivity contribution in [2.24, 2.45) is 7.05 Å². The van der Waals surface area contributed by atoms with Crippen LogP contribution in [-0.4, -0.2) is 9.78 Å². The lowest BCUT2D eigenvalue weighted by Gasteiger charge is -2.14. The molecule has 20 heavy (non-hydrogen) atoms. The van der Waals surface area contributed by atoms with Crippen molar-refractivity contribution in [3.8, 4) is 0 Å². The van der Waals surface area contributed by atoms with Crippen LogP contribution in [0.3, 0.4) is 0 Å². The molecule has 1 aromatic heterocycles. The summed E-state index contributed by atoms with van der Waals surface area (Å²) in [5.41, 5.74) is 2.77. The van der Waals surface area contributed by atoms with Gasteiger partial charge in [0.25, 0.3) is 0 Å². The molecule has 5 heteroatoms. The quantitative estimate of drug-likeness (QED) is 0.913. The second-order valence-electron chi connectivity index (χ2n) is 4.84. The van der Waals surface area contributed by atoms with E-state index in [1.807, 2.05) is 27.0 Å². The highest BCUT2D eigenvalue weighted by atomic mass is 35.5. The fraction of sp³-hybridized carbons (Fsp3) is 0.400. The van der Waals surface area contributed by atoms with Gasteiger partial charge in [-0.1, -0.05) is 30.7 Å². The smallest absolute Gasteiger partial charge is 0.123 e. The number of nitrogens with zero attached hydrogens (tertiary/aromatic N) is 2. The molecular formula is C15H19ClFN3. The van der Waals surface area contributed by atoms with Gasteiger partial charge in [-0.3, -0.25) is 4.68 Å². The zero-order valence-corrected chi connectivity index (χ0v) is 12.7. The Morgan fingerprint density at radius 2 is 2.20 bits per heavy atom. The van der Waals surface area contributed by atoms with E-state index in [1.54, 1.807) is 16.8 Å². The van der Waals surface area contributed by atoms with Crippen LogP contribution >= 0.6 is 11.6 Å². The number of halogens is 2. The molecule has 0 aliphatic rings. The van der Waals surface area contributed by atoms with Crippen LogP contribution in [0.4, 0.5) is 4.39 Å². The van der Waals surface area contributed by atoms with Gasteiger partial charge in [0.15, 0.2) is 0 Å². The molecule has 2 rings (SSSR count). The van der Waals surface area contributed by atoms with Crippen molar-refractivity contribution in [1.29, 1.82) is 0 Å². The molecular weight excluding hydrogens is 277 g/mol. The monoisotopic (exact) mass is 295 g/mol. The molecule has 1 atom stereocenters. The first-order valence-corrected chi connectivity index (χ1v) is 7.09. The van der Waals surface area contributed by atoms with E-state index in [0.717, 1.165) is 23.4 Å². The predicted octanol–water partition coefficient (Wildman–Crippen LogP) is 3.63. The maximum Gasteiger partial charge on any atom is 0.123 e. The summed E-state index contributed by atoms with van der Waals surface area (Å²) in [6.45, 7) is 4.63. The first kappa shape index (κ1) is 15.0. The molecule has 0 saturated heterocycles. The van der Waals surface area contributed by atoms with E-state index in [2.05, 4.69) is 10.4 Å². The van der Waals surface area contributed by atoms with Crippen LogP contribution in [0, 0.1) is 5.82 Å². The molecule has 1 heterocycles. The van der Waals surface area contributed by atoms with Crippen LogP contribution < -0.4 is 5.32 Å². The van der Waals surface area contributed by atoms with Gasteiger partial charge in [0, 0.05) is 19.6 Å². The van der Waals surface area contributed by atoms with Gasteiger partial charge >= 0.3 is 0 Å². The second kappa shape index (κ2) is 6.37. The van der Waals surface area contributed by atoms with E-state index < -0.39 is 0 Å². The molecule has 108 valence electrons. The number of hydrogen-bond donors (Lipinski definition) is 1. The van der Waals surface area contributed by atoms with Gasteiger partial charge in [0.2, 0.25) is 0 Å². The normalized spacial score (nSPS) is 12.7. The number of hydrogen-bond acceptors (Lipinski definition) is 2. The molecule has 0 saturated carbocycles. The van der Waals surface area contributed by atoms with Crippen LogP contribution in [0.15, 0.2) is 24.3 Å². The number of aryl methyl sites for hydroxylation is 2. The van der Waals surface area contributed by atoms with Crippen molar-refractivity contribution in [2.45, 2.75) is 32.9 Å². The number of benzene rings is 1. The van der Waals surface area contributed by atoms with Crippen molar-refractivity contribution >= 4 is 11.6 Å². The lowest BCUT2D eigenvalue weighted by Crippen LogP contribution is -2.20. The Hall–Kier alpha value is -1.39. The Labute approximate surface area is 123 Å². The highest BCUT2D eigenvalue weighted by molar-refractivity contribution is 6.31. The largest absolute Gasteiger partial charge is 0.305 e. The minimum absolute atomic E-state index is 0.0433. The van der Waals surface area contributed by atoms with Crippen LogP contribution in [-0.2, 0) is 20.0 Å². The summed E-state index contributed by atoms with van der Waals surface area (Å²) in [4.78, 5) is 0. The van der Waals surface area contributed by atoms with Crippen molar-refractivity contribution in [3.63, 3.8) is 0 Å². The molecule has 0 aliphatic heterocycles. The Morgan fingerprint density at radius 3 is 2.80 bits per heavy atom. The number of aromatic nitrogens is 2. The third kappa shape index (κ3) is 3.19. The van der Waals surface area contributed by atoms with E-state index in [1.165, 1.54) is 6.07 Å². The standard InChI is InChI=1S/C15H19ClFN3/c1-4-13-15(16)14(20(3)19-13)9-18-10(2)11-6-5-7-12(17)8-11/h5-8,10,18H,4,9H2,1-3H3/t10-/m1/s1. The molecule has 0 fully saturated rings. The maximum absolute atomic E-state index is 13.2. The Bertz CT molecular complexity index is 595. The second-order valence-corrected chi connectivity index (χ2v) is 5.22. The third-order valence-corrected chi connectivity index (χ3v) is 3.86. The average Bonchev–Trinajstić information content (AvgIpc) is 2.71. The van der Waals surface area contributed by atoms with Gasteiger partial charge < -0.3 is 5.32 Å². The van der Waals surface area contributed by atoms with Gasteiger partial charge in [-0.05, 0) is 31.0 Å². The topological polar surface area (TPSA) is 29.9 Å². The van der Waals surface area contributed by atoms with Gasteiger partial charge in [0.05, 0.1) is 16.4 Å². The van der Waals surface area contributed by atoms with Crippen molar-refractivity contribution in [1.82, 2.24) is 15.1 Å². The fourth-order valence-corrected chi connectivity index (χ4v) is 2.52. The summed E-state index contributed by atoms with van der Waals surface area (Å²) in [7, 11) is 1.88. The zero-order valence-electron chi connectivity index (χ0n) is 12.0. The highest BCUT2D eigenvalue weighted by Crippen LogP contribution is 2.22. The summed E-state index contributed by atoms with van der Waals surface area (Å²) < 4.78 is 15.0. The SMILES string of the molecule is CCc1nn(C)c(CN[C@H](C)c2cccc(F)c2)c1Cl. The lowest BCUT2D eigenvalue weighted by molar-refractivity contribution is 0.542. The Kier molecular flexibility index (Phi) is 4.78. The summed E-state index contributed by atoms with van der Waals surface area (Å²) in [5.74, 6) is -0.219. The molecule has 2 aromatic rings. The first-order chi connectivity index (χ1) is 9.52. The molecule has 0 aliphatic carbocycles. The van der Waals surface area contributed by atoms with Crippen molar-refractivity contribution in [3.05, 3.63) is 52.1 Å². The third-order valence-electron chi connectivity index (χ3n) is 3.43.